The highest BCUT2D eigenvalue weighted by Gasteiger charge is 2.06. The van der Waals surface area contributed by atoms with Crippen molar-refractivity contribution in [3.05, 3.63) is 0 Å². The van der Waals surface area contributed by atoms with Crippen LogP contribution in [0.2, 0.25) is 0 Å². The van der Waals surface area contributed by atoms with E-state index in [4.69, 9.17) is 4.74 Å². The number of ether oxygens (including phenoxy) is 1. The Bertz CT molecular complexity index is 137. The molecule has 0 N–H and O–H groups in total. The van der Waals surface area contributed by atoms with E-state index in [-0.39, 0.29) is 5.91 Å². The van der Waals surface area contributed by atoms with Crippen LogP contribution in [0.15, 0.2) is 0 Å². The normalized spacial score (nSPS) is 10.1. The maximum absolute atomic E-state index is 11.4. The lowest BCUT2D eigenvalue weighted by Gasteiger charge is -2.16. The van der Waals surface area contributed by atoms with Gasteiger partial charge in [0.15, 0.2) is 0 Å². The molecule has 0 unspecified atom stereocenters. The molecule has 0 bridgehead atoms. The van der Waals surface area contributed by atoms with Gasteiger partial charge in [-0.05, 0) is 13.3 Å². The molecule has 0 radical (unpaired) electrons. The summed E-state index contributed by atoms with van der Waals surface area (Å²) >= 11 is 0. The van der Waals surface area contributed by atoms with Crippen LogP contribution in [-0.4, -0.2) is 37.6 Å². The molecule has 0 spiro atoms. The van der Waals surface area contributed by atoms with Gasteiger partial charge in [-0.25, -0.2) is 0 Å². The van der Waals surface area contributed by atoms with Gasteiger partial charge in [0.05, 0.1) is 6.61 Å². The average molecular weight is 187 g/mol. The van der Waals surface area contributed by atoms with Crippen LogP contribution in [0.4, 0.5) is 0 Å². The fraction of sp³-hybridized carbons (Fsp3) is 0.900. The molecule has 3 heteroatoms. The largest absolute Gasteiger partial charge is 0.380 e. The Kier molecular flexibility index (Phi) is 7.69. The Morgan fingerprint density at radius 1 is 1.38 bits per heavy atom. The van der Waals surface area contributed by atoms with Crippen molar-refractivity contribution in [1.82, 2.24) is 4.90 Å². The monoisotopic (exact) mass is 187 g/mol. The number of carbonyl (C=O) groups excluding carboxylic acids is 1. The number of likely N-dealkylation sites (N-methyl/N-ethyl adjacent to an activating group) is 1. The van der Waals surface area contributed by atoms with Gasteiger partial charge in [0, 0.05) is 26.6 Å². The van der Waals surface area contributed by atoms with Crippen LogP contribution in [0, 0.1) is 0 Å². The van der Waals surface area contributed by atoms with Crippen molar-refractivity contribution >= 4 is 5.91 Å². The summed E-state index contributed by atoms with van der Waals surface area (Å²) in [4.78, 5) is 13.1. The Balaban J connectivity index is 3.45. The van der Waals surface area contributed by atoms with E-state index in [2.05, 4.69) is 6.92 Å². The SMILES string of the molecule is CCCCC(=O)N(C)CCOCC. The molecule has 0 aliphatic heterocycles. The molecule has 0 aromatic carbocycles. The number of carbonyl (C=O) groups is 1. The molecule has 0 rings (SSSR count). The van der Waals surface area contributed by atoms with Gasteiger partial charge in [-0.1, -0.05) is 13.3 Å². The molecule has 3 nitrogen and oxygen atoms in total. The van der Waals surface area contributed by atoms with Gasteiger partial charge in [0.2, 0.25) is 5.91 Å². The second kappa shape index (κ2) is 8.05. The quantitative estimate of drug-likeness (QED) is 0.567. The number of nitrogens with zero attached hydrogens (tertiary/aromatic N) is 1. The van der Waals surface area contributed by atoms with E-state index in [1.807, 2.05) is 14.0 Å². The maximum atomic E-state index is 11.4. The van der Waals surface area contributed by atoms with Crippen molar-refractivity contribution in [3.8, 4) is 0 Å². The average Bonchev–Trinajstić information content (AvgIpc) is 2.14. The van der Waals surface area contributed by atoms with Gasteiger partial charge in [-0.15, -0.1) is 0 Å². The van der Waals surface area contributed by atoms with Crippen LogP contribution >= 0.6 is 0 Å². The first-order chi connectivity index (χ1) is 6.22. The third-order valence-electron chi connectivity index (χ3n) is 1.95. The third kappa shape index (κ3) is 6.58. The van der Waals surface area contributed by atoms with Crippen molar-refractivity contribution < 1.29 is 9.53 Å². The molecule has 1 amide bonds. The Morgan fingerprint density at radius 3 is 2.62 bits per heavy atom. The van der Waals surface area contributed by atoms with E-state index in [1.165, 1.54) is 0 Å². The van der Waals surface area contributed by atoms with E-state index in [9.17, 15) is 4.79 Å². The fourth-order valence-corrected chi connectivity index (χ4v) is 0.989. The molecule has 0 heterocycles. The smallest absolute Gasteiger partial charge is 0.222 e. The molecule has 0 aromatic heterocycles. The van der Waals surface area contributed by atoms with Crippen molar-refractivity contribution in [2.75, 3.05) is 26.8 Å². The first-order valence-corrected chi connectivity index (χ1v) is 5.04. The summed E-state index contributed by atoms with van der Waals surface area (Å²) in [5, 5.41) is 0. The lowest BCUT2D eigenvalue weighted by atomic mass is 10.2. The zero-order chi connectivity index (χ0) is 10.1. The Hall–Kier alpha value is -0.570. The summed E-state index contributed by atoms with van der Waals surface area (Å²) < 4.78 is 5.16. The van der Waals surface area contributed by atoms with Crippen LogP contribution in [0.25, 0.3) is 0 Å². The summed E-state index contributed by atoms with van der Waals surface area (Å²) in [5.74, 6) is 0.224. The molecular formula is C10H21NO2. The van der Waals surface area contributed by atoms with Crippen molar-refractivity contribution in [3.63, 3.8) is 0 Å². The van der Waals surface area contributed by atoms with Crippen LogP contribution in [-0.2, 0) is 9.53 Å². The highest BCUT2D eigenvalue weighted by Crippen LogP contribution is 1.98. The van der Waals surface area contributed by atoms with E-state index in [0.717, 1.165) is 19.4 Å². The predicted octanol–water partition coefficient (Wildman–Crippen LogP) is 1.67. The van der Waals surface area contributed by atoms with Gasteiger partial charge in [-0.3, -0.25) is 4.79 Å². The highest BCUT2D eigenvalue weighted by atomic mass is 16.5. The van der Waals surface area contributed by atoms with Gasteiger partial charge in [0.1, 0.15) is 0 Å². The van der Waals surface area contributed by atoms with Gasteiger partial charge in [-0.2, -0.15) is 0 Å². The third-order valence-corrected chi connectivity index (χ3v) is 1.95. The standard InChI is InChI=1S/C10H21NO2/c1-4-6-7-10(12)11(3)8-9-13-5-2/h4-9H2,1-3H3. The van der Waals surface area contributed by atoms with Crippen LogP contribution in [0.1, 0.15) is 33.1 Å². The number of unbranched alkanes of at least 4 members (excludes halogenated alkanes) is 1. The molecule has 0 saturated heterocycles. The molecular weight excluding hydrogens is 166 g/mol. The summed E-state index contributed by atoms with van der Waals surface area (Å²) in [6, 6.07) is 0. The summed E-state index contributed by atoms with van der Waals surface area (Å²) in [7, 11) is 1.83. The Morgan fingerprint density at radius 2 is 2.08 bits per heavy atom. The van der Waals surface area contributed by atoms with E-state index in [1.54, 1.807) is 4.90 Å². The fourth-order valence-electron chi connectivity index (χ4n) is 0.989. The summed E-state index contributed by atoms with van der Waals surface area (Å²) in [5.41, 5.74) is 0. The molecule has 13 heavy (non-hydrogen) atoms. The van der Waals surface area contributed by atoms with E-state index in [0.29, 0.717) is 19.6 Å². The number of hydrogen-bond donors (Lipinski definition) is 0. The molecule has 0 saturated carbocycles. The minimum atomic E-state index is 0.224. The van der Waals surface area contributed by atoms with Crippen LogP contribution < -0.4 is 0 Å². The maximum Gasteiger partial charge on any atom is 0.222 e. The van der Waals surface area contributed by atoms with Crippen molar-refractivity contribution in [1.29, 1.82) is 0 Å². The molecule has 0 aromatic rings. The van der Waals surface area contributed by atoms with E-state index >= 15 is 0 Å². The summed E-state index contributed by atoms with van der Waals surface area (Å²) in [6.07, 6.45) is 2.72. The minimum absolute atomic E-state index is 0.224. The van der Waals surface area contributed by atoms with Crippen LogP contribution in [0.3, 0.4) is 0 Å². The number of rotatable bonds is 7. The zero-order valence-electron chi connectivity index (χ0n) is 9.01. The first kappa shape index (κ1) is 12.4. The second-order valence-corrected chi connectivity index (χ2v) is 3.12. The minimum Gasteiger partial charge on any atom is -0.380 e. The molecule has 0 aliphatic rings. The number of amides is 1. The molecule has 0 aliphatic carbocycles. The zero-order valence-corrected chi connectivity index (χ0v) is 9.01. The molecule has 0 atom stereocenters. The van der Waals surface area contributed by atoms with Gasteiger partial charge >= 0.3 is 0 Å². The molecule has 0 fully saturated rings. The van der Waals surface area contributed by atoms with Gasteiger partial charge < -0.3 is 9.64 Å². The highest BCUT2D eigenvalue weighted by molar-refractivity contribution is 5.75. The first-order valence-electron chi connectivity index (χ1n) is 5.04. The molecule has 78 valence electrons. The van der Waals surface area contributed by atoms with Gasteiger partial charge in [0.25, 0.3) is 0 Å². The lowest BCUT2D eigenvalue weighted by molar-refractivity contribution is -0.130. The lowest BCUT2D eigenvalue weighted by Crippen LogP contribution is -2.29. The van der Waals surface area contributed by atoms with Crippen molar-refractivity contribution in [2.24, 2.45) is 0 Å². The van der Waals surface area contributed by atoms with Crippen molar-refractivity contribution in [2.45, 2.75) is 33.1 Å². The topological polar surface area (TPSA) is 29.5 Å². The van der Waals surface area contributed by atoms with Crippen LogP contribution in [0.5, 0.6) is 0 Å². The van der Waals surface area contributed by atoms with E-state index < -0.39 is 0 Å². The summed E-state index contributed by atoms with van der Waals surface area (Å²) in [6.45, 7) is 6.12. The number of hydrogen-bond acceptors (Lipinski definition) is 2. The second-order valence-electron chi connectivity index (χ2n) is 3.12. The Labute approximate surface area is 81.1 Å². The predicted molar refractivity (Wildman–Crippen MR) is 53.7 cm³/mol.